The van der Waals surface area contributed by atoms with Gasteiger partial charge in [-0.1, -0.05) is 0 Å². The monoisotopic (exact) mass is 334 g/mol. The quantitative estimate of drug-likeness (QED) is 0.840. The summed E-state index contributed by atoms with van der Waals surface area (Å²) in [7, 11) is 0. The molecular weight excluding hydrogens is 318 g/mol. The van der Waals surface area contributed by atoms with Crippen LogP contribution < -0.4 is 0 Å². The van der Waals surface area contributed by atoms with Crippen LogP contribution in [0, 0.1) is 11.6 Å². The lowest BCUT2D eigenvalue weighted by Crippen LogP contribution is -2.32. The number of nitrogens with zero attached hydrogens (tertiary/aromatic N) is 2. The molecule has 3 rings (SSSR count). The Bertz CT molecular complexity index is 696. The van der Waals surface area contributed by atoms with E-state index in [1.807, 2.05) is 0 Å². The Hall–Kier alpha value is -1.95. The van der Waals surface area contributed by atoms with Crippen molar-refractivity contribution in [1.82, 2.24) is 9.88 Å². The zero-order valence-corrected chi connectivity index (χ0v) is 13.2. The van der Waals surface area contributed by atoms with Gasteiger partial charge in [-0.25, -0.2) is 8.78 Å². The van der Waals surface area contributed by atoms with Gasteiger partial charge in [-0.15, -0.1) is 0 Å². The molecule has 0 aliphatic carbocycles. The highest BCUT2D eigenvalue weighted by molar-refractivity contribution is 7.99. The number of carbonyl (C=O) groups excluding carboxylic acids is 1. The average Bonchev–Trinajstić information content (AvgIpc) is 2.83. The smallest absolute Gasteiger partial charge is 0.253 e. The molecule has 1 aliphatic heterocycles. The van der Waals surface area contributed by atoms with E-state index < -0.39 is 11.6 Å². The SMILES string of the molecule is O=C(c1ccncc1)N1CCSC(c2cc(F)ccc2F)CC1. The minimum atomic E-state index is -0.434. The van der Waals surface area contributed by atoms with Gasteiger partial charge < -0.3 is 4.90 Å². The first-order valence-corrected chi connectivity index (χ1v) is 8.46. The lowest BCUT2D eigenvalue weighted by Gasteiger charge is -2.20. The number of rotatable bonds is 2. The van der Waals surface area contributed by atoms with E-state index in [0.717, 1.165) is 12.1 Å². The molecule has 1 amide bonds. The van der Waals surface area contributed by atoms with Crippen LogP contribution in [-0.4, -0.2) is 34.6 Å². The summed E-state index contributed by atoms with van der Waals surface area (Å²) in [6.07, 6.45) is 3.78. The van der Waals surface area contributed by atoms with E-state index in [1.54, 1.807) is 41.2 Å². The highest BCUT2D eigenvalue weighted by Crippen LogP contribution is 2.36. The van der Waals surface area contributed by atoms with Crippen LogP contribution in [0.3, 0.4) is 0 Å². The van der Waals surface area contributed by atoms with Gasteiger partial charge in [0.15, 0.2) is 0 Å². The summed E-state index contributed by atoms with van der Waals surface area (Å²) in [4.78, 5) is 18.1. The zero-order valence-electron chi connectivity index (χ0n) is 12.4. The van der Waals surface area contributed by atoms with Crippen LogP contribution in [0.25, 0.3) is 0 Å². The van der Waals surface area contributed by atoms with E-state index in [0.29, 0.717) is 36.4 Å². The number of hydrogen-bond donors (Lipinski definition) is 0. The van der Waals surface area contributed by atoms with E-state index in [-0.39, 0.29) is 11.2 Å². The van der Waals surface area contributed by atoms with Gasteiger partial charge in [-0.3, -0.25) is 9.78 Å². The van der Waals surface area contributed by atoms with Gasteiger partial charge in [0.2, 0.25) is 0 Å². The molecule has 1 fully saturated rings. The van der Waals surface area contributed by atoms with Crippen LogP contribution in [0.2, 0.25) is 0 Å². The molecule has 2 aromatic rings. The minimum absolute atomic E-state index is 0.0478. The molecule has 1 saturated heterocycles. The van der Waals surface area contributed by atoms with Crippen LogP contribution >= 0.6 is 11.8 Å². The number of carbonyl (C=O) groups is 1. The van der Waals surface area contributed by atoms with Crippen molar-refractivity contribution in [2.24, 2.45) is 0 Å². The van der Waals surface area contributed by atoms with Gasteiger partial charge in [0, 0.05) is 47.6 Å². The molecular formula is C17H16F2N2OS. The molecule has 0 bridgehead atoms. The van der Waals surface area contributed by atoms with Gasteiger partial charge in [-0.05, 0) is 36.8 Å². The molecule has 1 atom stereocenters. The molecule has 0 saturated carbocycles. The Balaban J connectivity index is 1.72. The summed E-state index contributed by atoms with van der Waals surface area (Å²) in [5.74, 6) is -0.181. The fourth-order valence-corrected chi connectivity index (χ4v) is 3.90. The van der Waals surface area contributed by atoms with Crippen molar-refractivity contribution in [3.63, 3.8) is 0 Å². The van der Waals surface area contributed by atoms with E-state index >= 15 is 0 Å². The van der Waals surface area contributed by atoms with E-state index in [4.69, 9.17) is 0 Å². The topological polar surface area (TPSA) is 33.2 Å². The number of pyridine rings is 1. The van der Waals surface area contributed by atoms with E-state index in [2.05, 4.69) is 4.98 Å². The van der Waals surface area contributed by atoms with Crippen LogP contribution in [0.1, 0.15) is 27.6 Å². The Morgan fingerprint density at radius 1 is 1.17 bits per heavy atom. The lowest BCUT2D eigenvalue weighted by atomic mass is 10.1. The molecule has 1 aliphatic rings. The molecule has 0 spiro atoms. The first-order chi connectivity index (χ1) is 11.1. The predicted molar refractivity (Wildman–Crippen MR) is 86.3 cm³/mol. The molecule has 120 valence electrons. The van der Waals surface area contributed by atoms with Crippen molar-refractivity contribution >= 4 is 17.7 Å². The van der Waals surface area contributed by atoms with Crippen LogP contribution in [-0.2, 0) is 0 Å². The maximum atomic E-state index is 13.9. The molecule has 0 radical (unpaired) electrons. The number of halogens is 2. The standard InChI is InChI=1S/C17H16F2N2OS/c18-13-1-2-15(19)14(11-13)16-5-8-21(9-10-23-16)17(22)12-3-6-20-7-4-12/h1-4,6-7,11,16H,5,8-10H2. The van der Waals surface area contributed by atoms with Gasteiger partial charge >= 0.3 is 0 Å². The Kier molecular flexibility index (Phi) is 4.91. The minimum Gasteiger partial charge on any atom is -0.338 e. The fourth-order valence-electron chi connectivity index (χ4n) is 2.66. The molecule has 0 N–H and O–H groups in total. The third-order valence-electron chi connectivity index (χ3n) is 3.86. The zero-order chi connectivity index (χ0) is 16.2. The summed E-state index contributed by atoms with van der Waals surface area (Å²) in [6, 6.07) is 6.91. The molecule has 1 aromatic heterocycles. The molecule has 1 aromatic carbocycles. The van der Waals surface area contributed by atoms with Gasteiger partial charge in [0.05, 0.1) is 0 Å². The molecule has 6 heteroatoms. The van der Waals surface area contributed by atoms with Gasteiger partial charge in [-0.2, -0.15) is 11.8 Å². The van der Waals surface area contributed by atoms with Crippen molar-refractivity contribution in [3.8, 4) is 0 Å². The number of aromatic nitrogens is 1. The van der Waals surface area contributed by atoms with Crippen LogP contribution in [0.4, 0.5) is 8.78 Å². The Morgan fingerprint density at radius 2 is 1.96 bits per heavy atom. The van der Waals surface area contributed by atoms with Crippen molar-refractivity contribution in [2.45, 2.75) is 11.7 Å². The number of thioether (sulfide) groups is 1. The van der Waals surface area contributed by atoms with Crippen molar-refractivity contribution in [3.05, 3.63) is 65.5 Å². The van der Waals surface area contributed by atoms with Crippen molar-refractivity contribution in [2.75, 3.05) is 18.8 Å². The highest BCUT2D eigenvalue weighted by Gasteiger charge is 2.24. The Morgan fingerprint density at radius 3 is 2.74 bits per heavy atom. The summed E-state index contributed by atoms with van der Waals surface area (Å²) in [5, 5.41) is -0.138. The molecule has 3 nitrogen and oxygen atoms in total. The first kappa shape index (κ1) is 15.9. The average molecular weight is 334 g/mol. The summed E-state index contributed by atoms with van der Waals surface area (Å²) in [6.45, 7) is 1.12. The third kappa shape index (κ3) is 3.69. The van der Waals surface area contributed by atoms with Crippen molar-refractivity contribution in [1.29, 1.82) is 0 Å². The van der Waals surface area contributed by atoms with Crippen LogP contribution in [0.5, 0.6) is 0 Å². The Labute approximate surface area is 137 Å². The second kappa shape index (κ2) is 7.08. The van der Waals surface area contributed by atoms with Gasteiger partial charge in [0.1, 0.15) is 11.6 Å². The maximum absolute atomic E-state index is 13.9. The molecule has 2 heterocycles. The fraction of sp³-hybridized carbons (Fsp3) is 0.294. The third-order valence-corrected chi connectivity index (χ3v) is 5.17. The van der Waals surface area contributed by atoms with E-state index in [9.17, 15) is 13.6 Å². The second-order valence-electron chi connectivity index (χ2n) is 5.34. The number of hydrogen-bond acceptors (Lipinski definition) is 3. The largest absolute Gasteiger partial charge is 0.338 e. The normalized spacial score (nSPS) is 18.5. The molecule has 1 unspecified atom stereocenters. The summed E-state index contributed by atoms with van der Waals surface area (Å²) < 4.78 is 27.3. The van der Waals surface area contributed by atoms with E-state index in [1.165, 1.54) is 6.07 Å². The first-order valence-electron chi connectivity index (χ1n) is 7.41. The second-order valence-corrected chi connectivity index (χ2v) is 6.65. The predicted octanol–water partition coefficient (Wildman–Crippen LogP) is 3.68. The number of benzene rings is 1. The summed E-state index contributed by atoms with van der Waals surface area (Å²) in [5.41, 5.74) is 0.980. The lowest BCUT2D eigenvalue weighted by molar-refractivity contribution is 0.0766. The summed E-state index contributed by atoms with van der Waals surface area (Å²) >= 11 is 1.56. The maximum Gasteiger partial charge on any atom is 0.253 e. The van der Waals surface area contributed by atoms with Crippen LogP contribution in [0.15, 0.2) is 42.7 Å². The number of amides is 1. The molecule has 23 heavy (non-hydrogen) atoms. The van der Waals surface area contributed by atoms with Crippen molar-refractivity contribution < 1.29 is 13.6 Å². The highest BCUT2D eigenvalue weighted by atomic mass is 32.2. The van der Waals surface area contributed by atoms with Gasteiger partial charge in [0.25, 0.3) is 5.91 Å².